The molecule has 0 radical (unpaired) electrons. The Morgan fingerprint density at radius 1 is 1.00 bits per heavy atom. The molecule has 0 spiro atoms. The Morgan fingerprint density at radius 2 is 1.63 bits per heavy atom. The van der Waals surface area contributed by atoms with Gasteiger partial charge in [-0.15, -0.1) is 0 Å². The predicted molar refractivity (Wildman–Crippen MR) is 108 cm³/mol. The van der Waals surface area contributed by atoms with Crippen molar-refractivity contribution in [1.82, 2.24) is 16.0 Å². The lowest BCUT2D eigenvalue weighted by Gasteiger charge is -2.20. The van der Waals surface area contributed by atoms with Crippen LogP contribution in [0.25, 0.3) is 0 Å². The first kappa shape index (κ1) is 26.9. The van der Waals surface area contributed by atoms with Crippen molar-refractivity contribution < 1.29 is 34.2 Å². The molecule has 0 heterocycles. The number of carboxylic acids is 2. The van der Waals surface area contributed by atoms with Gasteiger partial charge in [-0.05, 0) is 12.8 Å². The molecule has 15 heteroatoms. The average molecular weight is 449 g/mol. The minimum atomic E-state index is -1.56. The zero-order valence-corrected chi connectivity index (χ0v) is 16.9. The van der Waals surface area contributed by atoms with Crippen molar-refractivity contribution >= 4 is 48.2 Å². The van der Waals surface area contributed by atoms with E-state index in [9.17, 15) is 29.1 Å². The summed E-state index contributed by atoms with van der Waals surface area (Å²) in [5, 5.41) is 24.7. The summed E-state index contributed by atoms with van der Waals surface area (Å²) in [6.07, 6.45) is -0.617. The van der Waals surface area contributed by atoms with E-state index in [1.165, 1.54) is 0 Å². The number of aliphatic imine (C=N–C) groups is 1. The molecule has 30 heavy (non-hydrogen) atoms. The van der Waals surface area contributed by atoms with E-state index in [0.717, 1.165) is 0 Å². The number of thiol groups is 1. The number of nitrogens with two attached hydrogens (primary N) is 3. The van der Waals surface area contributed by atoms with Crippen LogP contribution < -0.4 is 33.2 Å². The summed E-state index contributed by atoms with van der Waals surface area (Å²) < 4.78 is 0. The largest absolute Gasteiger partial charge is 0.481 e. The Labute approximate surface area is 177 Å². The van der Waals surface area contributed by atoms with Crippen LogP contribution in [0.4, 0.5) is 0 Å². The number of hydrogen-bond donors (Lipinski definition) is 9. The third kappa shape index (κ3) is 11.7. The number of aliphatic carboxylic acids is 2. The molecule has 0 aliphatic heterocycles. The maximum Gasteiger partial charge on any atom is 0.326 e. The lowest BCUT2D eigenvalue weighted by molar-refractivity contribution is -0.143. The van der Waals surface area contributed by atoms with Crippen LogP contribution in [0.15, 0.2) is 4.99 Å². The Morgan fingerprint density at radius 3 is 2.13 bits per heavy atom. The Bertz CT molecular complexity index is 670. The molecule has 14 nitrogen and oxygen atoms in total. The van der Waals surface area contributed by atoms with Gasteiger partial charge in [-0.2, -0.15) is 12.6 Å². The highest BCUT2D eigenvalue weighted by molar-refractivity contribution is 7.80. The van der Waals surface area contributed by atoms with E-state index in [-0.39, 0.29) is 31.1 Å². The first-order valence-corrected chi connectivity index (χ1v) is 9.35. The molecule has 0 aliphatic rings. The monoisotopic (exact) mass is 449 g/mol. The molecule has 0 rings (SSSR count). The highest BCUT2D eigenvalue weighted by Gasteiger charge is 2.28. The lowest BCUT2D eigenvalue weighted by Crippen LogP contribution is -2.54. The smallest absolute Gasteiger partial charge is 0.326 e. The number of rotatable bonds is 14. The maximum absolute atomic E-state index is 12.3. The molecule has 3 unspecified atom stereocenters. The van der Waals surface area contributed by atoms with Gasteiger partial charge in [-0.3, -0.25) is 24.2 Å². The second kappa shape index (κ2) is 14.0. The van der Waals surface area contributed by atoms with Gasteiger partial charge in [-0.1, -0.05) is 0 Å². The molecule has 0 bridgehead atoms. The first-order chi connectivity index (χ1) is 14.0. The van der Waals surface area contributed by atoms with Crippen molar-refractivity contribution in [1.29, 1.82) is 0 Å². The van der Waals surface area contributed by atoms with Crippen LogP contribution in [-0.4, -0.2) is 82.8 Å². The quantitative estimate of drug-likeness (QED) is 0.0536. The fourth-order valence-electron chi connectivity index (χ4n) is 2.04. The number of amides is 3. The normalized spacial score (nSPS) is 13.3. The standard InChI is InChI=1S/C15H27N7O7S/c16-7(6-30)12(26)20-5-10(23)21-9(4-11(24)25)13(27)22-8(14(28)29)2-1-3-19-15(17)18/h7-9,30H,1-6,16H2,(H,20,26)(H,21,23)(H,22,27)(H,24,25)(H,28,29)(H4,17,18,19). The van der Waals surface area contributed by atoms with E-state index in [1.807, 2.05) is 0 Å². The minimum Gasteiger partial charge on any atom is -0.481 e. The van der Waals surface area contributed by atoms with Crippen molar-refractivity contribution in [3.05, 3.63) is 0 Å². The topological polar surface area (TPSA) is 252 Å². The summed E-state index contributed by atoms with van der Waals surface area (Å²) in [6.45, 7) is -0.435. The SMILES string of the molecule is NC(N)=NCCCC(NC(=O)C(CC(=O)O)NC(=O)CNC(=O)C(N)CS)C(=O)O. The highest BCUT2D eigenvalue weighted by atomic mass is 32.1. The second-order valence-electron chi connectivity index (χ2n) is 6.07. The molecule has 3 amide bonds. The molecule has 3 atom stereocenters. The van der Waals surface area contributed by atoms with E-state index in [0.29, 0.717) is 0 Å². The Hall–Kier alpha value is -3.07. The summed E-state index contributed by atoms with van der Waals surface area (Å²) in [5.74, 6) is -5.44. The molecular weight excluding hydrogens is 422 g/mol. The van der Waals surface area contributed by atoms with Crippen LogP contribution in [0.3, 0.4) is 0 Å². The number of carbonyl (C=O) groups excluding carboxylic acids is 3. The summed E-state index contributed by atoms with van der Waals surface area (Å²) >= 11 is 3.84. The summed E-state index contributed by atoms with van der Waals surface area (Å²) in [7, 11) is 0. The molecule has 0 aliphatic carbocycles. The molecule has 0 aromatic rings. The van der Waals surface area contributed by atoms with E-state index in [4.69, 9.17) is 22.3 Å². The maximum atomic E-state index is 12.3. The van der Waals surface area contributed by atoms with Crippen LogP contribution in [0, 0.1) is 0 Å². The van der Waals surface area contributed by atoms with Gasteiger partial charge in [0.15, 0.2) is 5.96 Å². The predicted octanol–water partition coefficient (Wildman–Crippen LogP) is -4.06. The number of carboxylic acid groups (broad SMARTS) is 2. The molecule has 11 N–H and O–H groups in total. The summed E-state index contributed by atoms with van der Waals surface area (Å²) in [5.41, 5.74) is 15.7. The average Bonchev–Trinajstić information content (AvgIpc) is 2.66. The van der Waals surface area contributed by atoms with Gasteiger partial charge >= 0.3 is 11.9 Å². The van der Waals surface area contributed by atoms with Gasteiger partial charge < -0.3 is 43.4 Å². The zero-order chi connectivity index (χ0) is 23.3. The number of nitrogens with one attached hydrogen (secondary N) is 3. The molecule has 0 aromatic carbocycles. The van der Waals surface area contributed by atoms with Crippen molar-refractivity contribution in [2.75, 3.05) is 18.8 Å². The van der Waals surface area contributed by atoms with Crippen molar-refractivity contribution in [2.24, 2.45) is 22.2 Å². The lowest BCUT2D eigenvalue weighted by atomic mass is 10.1. The molecule has 0 saturated heterocycles. The van der Waals surface area contributed by atoms with Gasteiger partial charge in [0.2, 0.25) is 17.7 Å². The number of carbonyl (C=O) groups is 5. The van der Waals surface area contributed by atoms with E-state index in [2.05, 4.69) is 33.6 Å². The third-order valence-electron chi connectivity index (χ3n) is 3.55. The number of nitrogens with zero attached hydrogens (tertiary/aromatic N) is 1. The zero-order valence-electron chi connectivity index (χ0n) is 16.0. The van der Waals surface area contributed by atoms with Crippen molar-refractivity contribution in [3.8, 4) is 0 Å². The summed E-state index contributed by atoms with van der Waals surface area (Å²) in [6, 6.07) is -3.87. The van der Waals surface area contributed by atoms with Crippen LogP contribution in [0.5, 0.6) is 0 Å². The van der Waals surface area contributed by atoms with Crippen molar-refractivity contribution in [2.45, 2.75) is 37.4 Å². The van der Waals surface area contributed by atoms with Gasteiger partial charge in [-0.25, -0.2) is 4.79 Å². The van der Waals surface area contributed by atoms with Gasteiger partial charge in [0.25, 0.3) is 0 Å². The second-order valence-corrected chi connectivity index (χ2v) is 6.44. The van der Waals surface area contributed by atoms with Crippen LogP contribution >= 0.6 is 12.6 Å². The van der Waals surface area contributed by atoms with Crippen molar-refractivity contribution in [3.63, 3.8) is 0 Å². The Kier molecular flexibility index (Phi) is 12.6. The van der Waals surface area contributed by atoms with Crippen LogP contribution in [0.2, 0.25) is 0 Å². The van der Waals surface area contributed by atoms with Gasteiger partial charge in [0.1, 0.15) is 12.1 Å². The molecule has 0 saturated carbocycles. The third-order valence-corrected chi connectivity index (χ3v) is 3.94. The molecule has 0 aromatic heterocycles. The molecule has 0 fully saturated rings. The number of hydrogen-bond acceptors (Lipinski definition) is 8. The molecular formula is C15H27N7O7S. The first-order valence-electron chi connectivity index (χ1n) is 8.71. The van der Waals surface area contributed by atoms with Gasteiger partial charge in [0, 0.05) is 12.3 Å². The highest BCUT2D eigenvalue weighted by Crippen LogP contribution is 2.01. The molecule has 170 valence electrons. The number of guanidine groups is 1. The van der Waals surface area contributed by atoms with Crippen LogP contribution in [-0.2, 0) is 24.0 Å². The van der Waals surface area contributed by atoms with E-state index < -0.39 is 60.8 Å². The minimum absolute atomic E-state index is 0.0384. The van der Waals surface area contributed by atoms with Crippen LogP contribution in [0.1, 0.15) is 19.3 Å². The van der Waals surface area contributed by atoms with E-state index in [1.54, 1.807) is 0 Å². The van der Waals surface area contributed by atoms with E-state index >= 15 is 0 Å². The fourth-order valence-corrected chi connectivity index (χ4v) is 2.21. The Balaban J connectivity index is 4.92. The fraction of sp³-hybridized carbons (Fsp3) is 0.600. The summed E-state index contributed by atoms with van der Waals surface area (Å²) in [4.78, 5) is 61.8. The van der Waals surface area contributed by atoms with Gasteiger partial charge in [0.05, 0.1) is 19.0 Å².